The van der Waals surface area contributed by atoms with Crippen molar-refractivity contribution in [3.05, 3.63) is 35.9 Å². The normalized spacial score (nSPS) is 11.8. The van der Waals surface area contributed by atoms with E-state index in [1.165, 1.54) is 12.5 Å². The molecule has 1 N–H and O–H groups in total. The van der Waals surface area contributed by atoms with Gasteiger partial charge in [0.15, 0.2) is 0 Å². The van der Waals surface area contributed by atoms with Gasteiger partial charge in [0.2, 0.25) is 11.8 Å². The van der Waals surface area contributed by atoms with E-state index in [0.29, 0.717) is 6.54 Å². The Hall–Kier alpha value is -1.84. The predicted molar refractivity (Wildman–Crippen MR) is 84.9 cm³/mol. The van der Waals surface area contributed by atoms with Crippen LogP contribution in [0.25, 0.3) is 0 Å². The first-order valence-corrected chi connectivity index (χ1v) is 7.61. The van der Waals surface area contributed by atoms with Crippen LogP contribution in [0.2, 0.25) is 0 Å². The fourth-order valence-electron chi connectivity index (χ4n) is 2.06. The van der Waals surface area contributed by atoms with E-state index >= 15 is 0 Å². The van der Waals surface area contributed by atoms with E-state index in [1.807, 2.05) is 32.0 Å². The minimum atomic E-state index is -0.0840. The maximum atomic E-state index is 11.9. The van der Waals surface area contributed by atoms with Crippen molar-refractivity contribution < 1.29 is 9.59 Å². The lowest BCUT2D eigenvalue weighted by Gasteiger charge is -2.21. The first-order chi connectivity index (χ1) is 10.0. The maximum Gasteiger partial charge on any atom is 0.239 e. The Kier molecular flexibility index (Phi) is 7.51. The van der Waals surface area contributed by atoms with Crippen LogP contribution in [0.1, 0.15) is 39.2 Å². The Labute approximate surface area is 127 Å². The highest BCUT2D eigenvalue weighted by molar-refractivity contribution is 5.83. The van der Waals surface area contributed by atoms with Gasteiger partial charge in [0.1, 0.15) is 0 Å². The molecule has 0 saturated heterocycles. The minimum absolute atomic E-state index is 0.0534. The van der Waals surface area contributed by atoms with Gasteiger partial charge >= 0.3 is 0 Å². The van der Waals surface area contributed by atoms with E-state index in [-0.39, 0.29) is 24.4 Å². The summed E-state index contributed by atoms with van der Waals surface area (Å²) >= 11 is 0. The topological polar surface area (TPSA) is 49.4 Å². The molecule has 1 rings (SSSR count). The molecule has 2 amide bonds. The van der Waals surface area contributed by atoms with Crippen LogP contribution in [-0.4, -0.2) is 35.8 Å². The number of nitrogens with one attached hydrogen (secondary N) is 1. The summed E-state index contributed by atoms with van der Waals surface area (Å²) in [5.74, 6) is -0.137. The summed E-state index contributed by atoms with van der Waals surface area (Å²) in [5.41, 5.74) is 1.25. The Morgan fingerprint density at radius 1 is 1.24 bits per heavy atom. The average Bonchev–Trinajstić information content (AvgIpc) is 2.47. The predicted octanol–water partition coefficient (Wildman–Crippen LogP) is 2.38. The summed E-state index contributed by atoms with van der Waals surface area (Å²) in [6.45, 7) is 6.25. The molecule has 1 unspecified atom stereocenters. The Bertz CT molecular complexity index is 445. The molecule has 0 fully saturated rings. The van der Waals surface area contributed by atoms with Gasteiger partial charge in [-0.1, -0.05) is 37.3 Å². The maximum absolute atomic E-state index is 11.9. The fraction of sp³-hybridized carbons (Fsp3) is 0.529. The second-order valence-electron chi connectivity index (χ2n) is 5.41. The smallest absolute Gasteiger partial charge is 0.239 e. The molecule has 1 aromatic rings. The van der Waals surface area contributed by atoms with Gasteiger partial charge in [-0.3, -0.25) is 9.59 Å². The van der Waals surface area contributed by atoms with Crippen LogP contribution in [0.15, 0.2) is 30.3 Å². The number of nitrogens with zero attached hydrogens (tertiary/aromatic N) is 1. The lowest BCUT2D eigenvalue weighted by Crippen LogP contribution is -2.43. The van der Waals surface area contributed by atoms with Crippen LogP contribution in [0.4, 0.5) is 0 Å². The average molecular weight is 290 g/mol. The molecule has 0 heterocycles. The summed E-state index contributed by atoms with van der Waals surface area (Å²) in [6.07, 6.45) is 2.66. The van der Waals surface area contributed by atoms with Crippen molar-refractivity contribution in [3.63, 3.8) is 0 Å². The van der Waals surface area contributed by atoms with E-state index in [9.17, 15) is 9.59 Å². The van der Waals surface area contributed by atoms with Crippen LogP contribution in [-0.2, 0) is 16.0 Å². The molecule has 4 heteroatoms. The minimum Gasteiger partial charge on any atom is -0.352 e. The van der Waals surface area contributed by atoms with Crippen molar-refractivity contribution in [3.8, 4) is 0 Å². The monoisotopic (exact) mass is 290 g/mol. The first kappa shape index (κ1) is 17.2. The number of carbonyl (C=O) groups is 2. The van der Waals surface area contributed by atoms with E-state index in [4.69, 9.17) is 0 Å². The molecule has 1 atom stereocenters. The van der Waals surface area contributed by atoms with E-state index in [1.54, 1.807) is 4.90 Å². The zero-order chi connectivity index (χ0) is 15.7. The quantitative estimate of drug-likeness (QED) is 0.799. The molecule has 0 aliphatic heterocycles. The SMILES string of the molecule is CCC(C)NC(=O)CN(CCCc1ccccc1)C(C)=O. The van der Waals surface area contributed by atoms with Crippen LogP contribution < -0.4 is 5.32 Å². The number of aryl methyl sites for hydroxylation is 1. The van der Waals surface area contributed by atoms with Gasteiger partial charge in [0.05, 0.1) is 6.54 Å². The third-order valence-electron chi connectivity index (χ3n) is 3.54. The molecular weight excluding hydrogens is 264 g/mol. The first-order valence-electron chi connectivity index (χ1n) is 7.61. The third kappa shape index (κ3) is 6.93. The van der Waals surface area contributed by atoms with Gasteiger partial charge in [-0.15, -0.1) is 0 Å². The van der Waals surface area contributed by atoms with Gasteiger partial charge in [-0.2, -0.15) is 0 Å². The highest BCUT2D eigenvalue weighted by Gasteiger charge is 2.14. The second-order valence-corrected chi connectivity index (χ2v) is 5.41. The zero-order valence-electron chi connectivity index (χ0n) is 13.3. The number of amides is 2. The van der Waals surface area contributed by atoms with Gasteiger partial charge in [-0.05, 0) is 31.7 Å². The Balaban J connectivity index is 2.39. The summed E-state index contributed by atoms with van der Waals surface area (Å²) in [6, 6.07) is 10.3. The lowest BCUT2D eigenvalue weighted by molar-refractivity contribution is -0.134. The molecule has 0 aliphatic carbocycles. The molecule has 116 valence electrons. The fourth-order valence-corrected chi connectivity index (χ4v) is 2.06. The van der Waals surface area contributed by atoms with E-state index in [0.717, 1.165) is 19.3 Å². The van der Waals surface area contributed by atoms with Crippen LogP contribution >= 0.6 is 0 Å². The van der Waals surface area contributed by atoms with Crippen molar-refractivity contribution in [1.29, 1.82) is 0 Å². The largest absolute Gasteiger partial charge is 0.352 e. The molecule has 0 bridgehead atoms. The summed E-state index contributed by atoms with van der Waals surface area (Å²) < 4.78 is 0. The summed E-state index contributed by atoms with van der Waals surface area (Å²) in [7, 11) is 0. The number of rotatable bonds is 8. The number of benzene rings is 1. The Morgan fingerprint density at radius 2 is 1.90 bits per heavy atom. The van der Waals surface area contributed by atoms with E-state index < -0.39 is 0 Å². The third-order valence-corrected chi connectivity index (χ3v) is 3.54. The van der Waals surface area contributed by atoms with Gasteiger partial charge in [0, 0.05) is 19.5 Å². The number of hydrogen-bond donors (Lipinski definition) is 1. The second kappa shape index (κ2) is 9.16. The number of carbonyl (C=O) groups excluding carboxylic acids is 2. The molecule has 21 heavy (non-hydrogen) atoms. The molecule has 0 aliphatic rings. The van der Waals surface area contributed by atoms with Crippen LogP contribution in [0.3, 0.4) is 0 Å². The molecule has 0 spiro atoms. The molecule has 0 aromatic heterocycles. The van der Waals surface area contributed by atoms with Gasteiger partial charge < -0.3 is 10.2 Å². The van der Waals surface area contributed by atoms with Crippen molar-refractivity contribution in [2.45, 2.75) is 46.1 Å². The highest BCUT2D eigenvalue weighted by atomic mass is 16.2. The molecule has 0 radical (unpaired) electrons. The highest BCUT2D eigenvalue weighted by Crippen LogP contribution is 2.04. The van der Waals surface area contributed by atoms with Gasteiger partial charge in [-0.25, -0.2) is 0 Å². The molecule has 4 nitrogen and oxygen atoms in total. The van der Waals surface area contributed by atoms with Crippen molar-refractivity contribution in [1.82, 2.24) is 10.2 Å². The zero-order valence-corrected chi connectivity index (χ0v) is 13.3. The molecular formula is C17H26N2O2. The number of hydrogen-bond acceptors (Lipinski definition) is 2. The Morgan fingerprint density at radius 3 is 2.48 bits per heavy atom. The van der Waals surface area contributed by atoms with Crippen LogP contribution in [0.5, 0.6) is 0 Å². The molecule has 0 saturated carbocycles. The van der Waals surface area contributed by atoms with Gasteiger partial charge in [0.25, 0.3) is 0 Å². The lowest BCUT2D eigenvalue weighted by atomic mass is 10.1. The summed E-state index contributed by atoms with van der Waals surface area (Å²) in [4.78, 5) is 25.1. The van der Waals surface area contributed by atoms with Crippen molar-refractivity contribution in [2.75, 3.05) is 13.1 Å². The van der Waals surface area contributed by atoms with E-state index in [2.05, 4.69) is 17.4 Å². The summed E-state index contributed by atoms with van der Waals surface area (Å²) in [5, 5.41) is 2.89. The molecule has 1 aromatic carbocycles. The van der Waals surface area contributed by atoms with Crippen LogP contribution in [0, 0.1) is 0 Å². The van der Waals surface area contributed by atoms with Crippen molar-refractivity contribution >= 4 is 11.8 Å². The van der Waals surface area contributed by atoms with Crippen molar-refractivity contribution in [2.24, 2.45) is 0 Å². The standard InChI is InChI=1S/C17H26N2O2/c1-4-14(2)18-17(21)13-19(15(3)20)12-8-11-16-9-6-5-7-10-16/h5-7,9-10,14H,4,8,11-13H2,1-3H3,(H,18,21).